The predicted octanol–water partition coefficient (Wildman–Crippen LogP) is 0.948. The average molecular weight is 121 g/mol. The topological polar surface area (TPSA) is 16.1 Å². The molecule has 0 atom stereocenters. The molecule has 0 saturated carbocycles. The molecule has 0 saturated heterocycles. The van der Waals surface area contributed by atoms with Gasteiger partial charge in [0.25, 0.3) is 0 Å². The minimum Gasteiger partial charge on any atom is -0.362 e. The third kappa shape index (κ3) is 1.42. The normalized spacial score (nSPS) is 9.11. The first-order valence-corrected chi connectivity index (χ1v) is 2.81. The summed E-state index contributed by atoms with van der Waals surface area (Å²) < 4.78 is 0. The van der Waals surface area contributed by atoms with Gasteiger partial charge in [0.15, 0.2) is 0 Å². The maximum atomic E-state index is 4.05. The summed E-state index contributed by atoms with van der Waals surface area (Å²) in [5.41, 5.74) is 0. The van der Waals surface area contributed by atoms with Crippen molar-refractivity contribution in [2.75, 3.05) is 19.0 Å². The Morgan fingerprint density at radius 1 is 1.56 bits per heavy atom. The zero-order chi connectivity index (χ0) is 6.69. The molecule has 0 unspecified atom stereocenters. The van der Waals surface area contributed by atoms with Crippen molar-refractivity contribution in [1.29, 1.82) is 0 Å². The van der Waals surface area contributed by atoms with Crippen LogP contribution in [0.25, 0.3) is 0 Å². The second-order valence-electron chi connectivity index (χ2n) is 2.00. The van der Waals surface area contributed by atoms with Gasteiger partial charge in [0.2, 0.25) is 0 Å². The molecule has 0 fully saturated rings. The van der Waals surface area contributed by atoms with Crippen molar-refractivity contribution in [3.63, 3.8) is 0 Å². The largest absolute Gasteiger partial charge is 0.362 e. The van der Waals surface area contributed by atoms with Crippen molar-refractivity contribution in [3.05, 3.63) is 24.4 Å². The lowest BCUT2D eigenvalue weighted by molar-refractivity contribution is 1.07. The zero-order valence-electron chi connectivity index (χ0n) is 5.63. The van der Waals surface area contributed by atoms with Gasteiger partial charge in [0.1, 0.15) is 5.82 Å². The smallest absolute Gasteiger partial charge is 0.136 e. The lowest BCUT2D eigenvalue weighted by atomic mass is 10.4. The molecule has 0 aliphatic carbocycles. The summed E-state index contributed by atoms with van der Waals surface area (Å²) >= 11 is 0. The number of aromatic nitrogens is 1. The maximum Gasteiger partial charge on any atom is 0.136 e. The van der Waals surface area contributed by atoms with Crippen LogP contribution in [0.2, 0.25) is 0 Å². The molecule has 9 heavy (non-hydrogen) atoms. The molecule has 2 nitrogen and oxygen atoms in total. The highest BCUT2D eigenvalue weighted by Gasteiger charge is 1.90. The van der Waals surface area contributed by atoms with Crippen LogP contribution < -0.4 is 4.90 Å². The van der Waals surface area contributed by atoms with Gasteiger partial charge in [0.05, 0.1) is 0 Å². The standard InChI is InChI=1S/C7H9N2/c1-9(2)7-5-3-4-6-8-7/h3-4,6H,1-2H3. The second-order valence-corrected chi connectivity index (χ2v) is 2.00. The van der Waals surface area contributed by atoms with Crippen molar-refractivity contribution >= 4 is 5.82 Å². The number of hydrogen-bond donors (Lipinski definition) is 0. The van der Waals surface area contributed by atoms with Crippen molar-refractivity contribution in [2.24, 2.45) is 0 Å². The highest BCUT2D eigenvalue weighted by Crippen LogP contribution is 2.00. The van der Waals surface area contributed by atoms with Gasteiger partial charge in [-0.2, -0.15) is 0 Å². The third-order valence-corrected chi connectivity index (χ3v) is 1.02. The number of anilines is 1. The molecule has 0 spiro atoms. The van der Waals surface area contributed by atoms with E-state index in [0.717, 1.165) is 5.82 Å². The number of rotatable bonds is 1. The van der Waals surface area contributed by atoms with E-state index in [9.17, 15) is 0 Å². The Kier molecular flexibility index (Phi) is 1.68. The first kappa shape index (κ1) is 6.08. The molecule has 1 aromatic heterocycles. The van der Waals surface area contributed by atoms with Crippen molar-refractivity contribution < 1.29 is 0 Å². The van der Waals surface area contributed by atoms with Gasteiger partial charge in [-0.15, -0.1) is 0 Å². The molecule has 1 radical (unpaired) electrons. The summed E-state index contributed by atoms with van der Waals surface area (Å²) in [6.45, 7) is 0. The zero-order valence-corrected chi connectivity index (χ0v) is 5.63. The molecule has 0 aliphatic rings. The molecular weight excluding hydrogens is 112 g/mol. The molecule has 0 amide bonds. The van der Waals surface area contributed by atoms with E-state index in [1.54, 1.807) is 6.20 Å². The summed E-state index contributed by atoms with van der Waals surface area (Å²) in [7, 11) is 3.89. The van der Waals surface area contributed by atoms with Crippen LogP contribution in [0.3, 0.4) is 0 Å². The van der Waals surface area contributed by atoms with Crippen LogP contribution in [0.15, 0.2) is 18.3 Å². The van der Waals surface area contributed by atoms with Gasteiger partial charge in [-0.05, 0) is 12.1 Å². The Morgan fingerprint density at radius 2 is 2.33 bits per heavy atom. The molecule has 0 bridgehead atoms. The van der Waals surface area contributed by atoms with Crippen LogP contribution in [0.5, 0.6) is 0 Å². The Balaban J connectivity index is 2.85. The van der Waals surface area contributed by atoms with Crippen molar-refractivity contribution in [3.8, 4) is 0 Å². The van der Waals surface area contributed by atoms with Crippen LogP contribution in [-0.4, -0.2) is 19.1 Å². The molecule has 0 N–H and O–H groups in total. The van der Waals surface area contributed by atoms with Crippen molar-refractivity contribution in [1.82, 2.24) is 4.98 Å². The quantitative estimate of drug-likeness (QED) is 0.550. The maximum absolute atomic E-state index is 4.05. The van der Waals surface area contributed by atoms with Gasteiger partial charge in [-0.25, -0.2) is 4.98 Å². The Bertz CT molecular complexity index is 170. The summed E-state index contributed by atoms with van der Waals surface area (Å²) in [6.07, 6.45) is 1.76. The van der Waals surface area contributed by atoms with E-state index in [1.165, 1.54) is 0 Å². The number of nitrogens with zero attached hydrogens (tertiary/aromatic N) is 2. The van der Waals surface area contributed by atoms with Crippen LogP contribution in [0.1, 0.15) is 0 Å². The molecule has 1 rings (SSSR count). The second kappa shape index (κ2) is 2.49. The minimum atomic E-state index is 0.873. The van der Waals surface area contributed by atoms with E-state index in [-0.39, 0.29) is 0 Å². The van der Waals surface area contributed by atoms with Crippen LogP contribution in [0, 0.1) is 6.07 Å². The SMILES string of the molecule is CN(C)c1[c]cccn1. The van der Waals surface area contributed by atoms with E-state index < -0.39 is 0 Å². The molecule has 0 aliphatic heterocycles. The molecule has 1 heterocycles. The Labute approximate surface area is 55.1 Å². The number of hydrogen-bond acceptors (Lipinski definition) is 2. The van der Waals surface area contributed by atoms with E-state index in [1.807, 2.05) is 31.1 Å². The Morgan fingerprint density at radius 3 is 2.67 bits per heavy atom. The number of pyridine rings is 1. The summed E-state index contributed by atoms with van der Waals surface area (Å²) in [6, 6.07) is 6.69. The average Bonchev–Trinajstić information content (AvgIpc) is 1.90. The van der Waals surface area contributed by atoms with E-state index in [0.29, 0.717) is 0 Å². The van der Waals surface area contributed by atoms with Gasteiger partial charge in [0, 0.05) is 26.4 Å². The third-order valence-electron chi connectivity index (χ3n) is 1.02. The molecular formula is C7H9N2. The van der Waals surface area contributed by atoms with Gasteiger partial charge in [-0.3, -0.25) is 0 Å². The van der Waals surface area contributed by atoms with Crippen molar-refractivity contribution in [2.45, 2.75) is 0 Å². The van der Waals surface area contributed by atoms with Crippen LogP contribution in [0.4, 0.5) is 5.82 Å². The fraction of sp³-hybridized carbons (Fsp3) is 0.286. The lowest BCUT2D eigenvalue weighted by Gasteiger charge is -2.08. The molecule has 0 aromatic carbocycles. The van der Waals surface area contributed by atoms with E-state index in [4.69, 9.17) is 0 Å². The molecule has 47 valence electrons. The summed E-state index contributed by atoms with van der Waals surface area (Å²) in [4.78, 5) is 5.97. The predicted molar refractivity (Wildman–Crippen MR) is 37.4 cm³/mol. The minimum absolute atomic E-state index is 0.873. The fourth-order valence-electron chi connectivity index (χ4n) is 0.561. The van der Waals surface area contributed by atoms with Gasteiger partial charge >= 0.3 is 0 Å². The van der Waals surface area contributed by atoms with Crippen LogP contribution >= 0.6 is 0 Å². The van der Waals surface area contributed by atoms with Crippen LogP contribution in [-0.2, 0) is 0 Å². The fourth-order valence-corrected chi connectivity index (χ4v) is 0.561. The highest BCUT2D eigenvalue weighted by atomic mass is 15.1. The first-order chi connectivity index (χ1) is 4.30. The first-order valence-electron chi connectivity index (χ1n) is 2.81. The Hall–Kier alpha value is -1.05. The van der Waals surface area contributed by atoms with Gasteiger partial charge in [-0.1, -0.05) is 0 Å². The van der Waals surface area contributed by atoms with E-state index >= 15 is 0 Å². The van der Waals surface area contributed by atoms with Gasteiger partial charge < -0.3 is 4.90 Å². The summed E-state index contributed by atoms with van der Waals surface area (Å²) in [5, 5.41) is 0. The lowest BCUT2D eigenvalue weighted by Crippen LogP contribution is -2.09. The van der Waals surface area contributed by atoms with E-state index in [2.05, 4.69) is 11.1 Å². The molecule has 2 heteroatoms. The molecule has 1 aromatic rings. The summed E-state index contributed by atoms with van der Waals surface area (Å²) in [5.74, 6) is 0.873. The monoisotopic (exact) mass is 121 g/mol. The highest BCUT2D eigenvalue weighted by molar-refractivity contribution is 5.33.